The normalized spacial score (nSPS) is 27.4. The molecule has 2 saturated heterocycles. The van der Waals surface area contributed by atoms with Crippen LogP contribution in [0.15, 0.2) is 12.4 Å². The van der Waals surface area contributed by atoms with E-state index in [-0.39, 0.29) is 31.3 Å². The van der Waals surface area contributed by atoms with E-state index in [0.29, 0.717) is 5.56 Å². The zero-order valence-electron chi connectivity index (χ0n) is 13.7. The van der Waals surface area contributed by atoms with Crippen LogP contribution in [0.25, 0.3) is 0 Å². The summed E-state index contributed by atoms with van der Waals surface area (Å²) in [6.45, 7) is 0.253. The van der Waals surface area contributed by atoms with Crippen molar-refractivity contribution in [1.29, 1.82) is 0 Å². The van der Waals surface area contributed by atoms with Crippen LogP contribution < -0.4 is 5.32 Å². The Kier molecular flexibility index (Phi) is 4.82. The molecule has 0 aliphatic carbocycles. The first kappa shape index (κ1) is 18.8. The number of alkyl halides is 3. The Morgan fingerprint density at radius 1 is 1.35 bits per heavy atom. The molecule has 2 aliphatic heterocycles. The van der Waals surface area contributed by atoms with Crippen LogP contribution in [0, 0.1) is 5.92 Å². The number of amides is 2. The lowest BCUT2D eigenvalue weighted by atomic mass is 10.0. The molecular formula is C14H17F3N4O4S. The number of likely N-dealkylation sites (tertiary alicyclic amines) is 1. The van der Waals surface area contributed by atoms with Gasteiger partial charge < -0.3 is 15.0 Å². The first-order valence-corrected chi connectivity index (χ1v) is 9.48. The number of hydrogen-bond donors (Lipinski definition) is 1. The van der Waals surface area contributed by atoms with E-state index in [9.17, 15) is 26.4 Å². The number of nitrogens with zero attached hydrogens (tertiary/aromatic N) is 3. The molecule has 0 radical (unpaired) electrons. The maximum Gasteiger partial charge on any atom is 0.451 e. The molecule has 8 nitrogen and oxygen atoms in total. The monoisotopic (exact) mass is 394 g/mol. The van der Waals surface area contributed by atoms with Crippen LogP contribution in [0.1, 0.15) is 11.4 Å². The quantitative estimate of drug-likeness (QED) is 0.799. The van der Waals surface area contributed by atoms with Crippen LogP contribution >= 0.6 is 0 Å². The summed E-state index contributed by atoms with van der Waals surface area (Å²) in [6, 6.07) is -0.496. The molecule has 3 heterocycles. The van der Waals surface area contributed by atoms with Gasteiger partial charge in [-0.1, -0.05) is 0 Å². The smallest absolute Gasteiger partial charge is 0.380 e. The van der Waals surface area contributed by atoms with Gasteiger partial charge in [-0.15, -0.1) is 0 Å². The van der Waals surface area contributed by atoms with E-state index in [1.54, 1.807) is 0 Å². The minimum Gasteiger partial charge on any atom is -0.380 e. The minimum atomic E-state index is -4.63. The zero-order chi connectivity index (χ0) is 19.1. The Hall–Kier alpha value is -1.95. The lowest BCUT2D eigenvalue weighted by molar-refractivity contribution is -0.145. The third-order valence-electron chi connectivity index (χ3n) is 4.64. The number of rotatable bonds is 3. The summed E-state index contributed by atoms with van der Waals surface area (Å²) >= 11 is 0. The highest BCUT2D eigenvalue weighted by atomic mass is 32.2. The molecule has 3 rings (SSSR count). The molecule has 2 fully saturated rings. The molecule has 1 aromatic heterocycles. The van der Waals surface area contributed by atoms with Crippen molar-refractivity contribution < 1.29 is 31.1 Å². The summed E-state index contributed by atoms with van der Waals surface area (Å²) in [5.74, 6) is -1.57. The Balaban J connectivity index is 1.58. The molecule has 0 saturated carbocycles. The SMILES string of the molecule is CO[C@@H]1CS(=O)(=O)[C@H]2CN(C(=O)NCc3cnc(C(F)(F)F)nc3)C[C@@H]12. The van der Waals surface area contributed by atoms with Gasteiger partial charge in [-0.2, -0.15) is 13.2 Å². The molecular weight excluding hydrogens is 377 g/mol. The first-order chi connectivity index (χ1) is 12.1. The van der Waals surface area contributed by atoms with Crippen molar-refractivity contribution in [3.63, 3.8) is 0 Å². The number of hydrogen-bond acceptors (Lipinski definition) is 6. The third-order valence-corrected chi connectivity index (χ3v) is 6.85. The van der Waals surface area contributed by atoms with E-state index in [2.05, 4.69) is 15.3 Å². The molecule has 0 bridgehead atoms. The highest BCUT2D eigenvalue weighted by molar-refractivity contribution is 7.92. The van der Waals surface area contributed by atoms with Gasteiger partial charge in [-0.05, 0) is 0 Å². The minimum absolute atomic E-state index is 0.0445. The van der Waals surface area contributed by atoms with Gasteiger partial charge in [0, 0.05) is 50.6 Å². The fraction of sp³-hybridized carbons (Fsp3) is 0.643. The van der Waals surface area contributed by atoms with E-state index in [1.165, 1.54) is 12.0 Å². The van der Waals surface area contributed by atoms with Crippen LogP contribution in [0.3, 0.4) is 0 Å². The number of sulfone groups is 1. The van der Waals surface area contributed by atoms with Gasteiger partial charge in [0.25, 0.3) is 0 Å². The Labute approximate surface area is 147 Å². The van der Waals surface area contributed by atoms with E-state index >= 15 is 0 Å². The molecule has 26 heavy (non-hydrogen) atoms. The number of carbonyl (C=O) groups is 1. The van der Waals surface area contributed by atoms with Crippen molar-refractivity contribution in [3.8, 4) is 0 Å². The van der Waals surface area contributed by atoms with Crippen LogP contribution in [0.4, 0.5) is 18.0 Å². The summed E-state index contributed by atoms with van der Waals surface area (Å²) in [5, 5.41) is 1.89. The predicted octanol–water partition coefficient (Wildman–Crippen LogP) is 0.449. The Morgan fingerprint density at radius 2 is 2.00 bits per heavy atom. The van der Waals surface area contributed by atoms with Crippen molar-refractivity contribution in [2.24, 2.45) is 5.92 Å². The number of ether oxygens (including phenoxy) is 1. The topological polar surface area (TPSA) is 101 Å². The largest absolute Gasteiger partial charge is 0.451 e. The highest BCUT2D eigenvalue weighted by Gasteiger charge is 2.53. The van der Waals surface area contributed by atoms with Crippen molar-refractivity contribution in [2.75, 3.05) is 26.0 Å². The maximum absolute atomic E-state index is 12.4. The van der Waals surface area contributed by atoms with Crippen molar-refractivity contribution in [1.82, 2.24) is 20.2 Å². The molecule has 0 spiro atoms. The number of carbonyl (C=O) groups excluding carboxylic acids is 1. The van der Waals surface area contributed by atoms with Crippen molar-refractivity contribution in [3.05, 3.63) is 23.8 Å². The lowest BCUT2D eigenvalue weighted by Gasteiger charge is -2.20. The Morgan fingerprint density at radius 3 is 2.58 bits per heavy atom. The Bertz CT molecular complexity index is 784. The molecule has 2 aliphatic rings. The molecule has 0 aromatic carbocycles. The molecule has 2 amide bonds. The van der Waals surface area contributed by atoms with Gasteiger partial charge in [0.1, 0.15) is 0 Å². The average Bonchev–Trinajstić information content (AvgIpc) is 3.12. The second-order valence-corrected chi connectivity index (χ2v) is 8.55. The molecule has 12 heteroatoms. The van der Waals surface area contributed by atoms with E-state index in [1.807, 2.05) is 0 Å². The fourth-order valence-corrected chi connectivity index (χ4v) is 5.59. The second-order valence-electron chi connectivity index (χ2n) is 6.28. The van der Waals surface area contributed by atoms with Crippen molar-refractivity contribution in [2.45, 2.75) is 24.1 Å². The maximum atomic E-state index is 12.4. The summed E-state index contributed by atoms with van der Waals surface area (Å²) in [7, 11) is -1.87. The molecule has 3 atom stereocenters. The van der Waals surface area contributed by atoms with Gasteiger partial charge >= 0.3 is 12.2 Å². The van der Waals surface area contributed by atoms with Crippen LogP contribution in [0.2, 0.25) is 0 Å². The predicted molar refractivity (Wildman–Crippen MR) is 82.7 cm³/mol. The zero-order valence-corrected chi connectivity index (χ0v) is 14.5. The van der Waals surface area contributed by atoms with Crippen molar-refractivity contribution >= 4 is 15.9 Å². The fourth-order valence-electron chi connectivity index (χ4n) is 3.30. The summed E-state index contributed by atoms with van der Waals surface area (Å²) in [4.78, 5) is 20.0. The third kappa shape index (κ3) is 3.61. The standard InChI is InChI=1S/C14H17F3N4O4S/c1-25-10-7-26(23,24)11-6-21(5-9(10)11)13(22)20-4-8-2-18-12(19-3-8)14(15,16)17/h2-3,9-11H,4-7H2,1H3,(H,20,22)/t9-,10+,11-/m0/s1. The van der Waals surface area contributed by atoms with E-state index in [4.69, 9.17) is 4.74 Å². The van der Waals surface area contributed by atoms with Gasteiger partial charge in [-0.3, -0.25) is 0 Å². The molecule has 0 unspecified atom stereocenters. The van der Waals surface area contributed by atoms with Crippen LogP contribution in [-0.2, 0) is 27.3 Å². The second kappa shape index (κ2) is 6.65. The number of urea groups is 1. The number of aromatic nitrogens is 2. The number of nitrogens with one attached hydrogen (secondary N) is 1. The lowest BCUT2D eigenvalue weighted by Crippen LogP contribution is -2.40. The van der Waals surface area contributed by atoms with Crippen LogP contribution in [0.5, 0.6) is 0 Å². The number of fused-ring (bicyclic) bond motifs is 1. The van der Waals surface area contributed by atoms with E-state index in [0.717, 1.165) is 12.4 Å². The number of halogens is 3. The number of methoxy groups -OCH3 is 1. The molecule has 144 valence electrons. The molecule has 1 aromatic rings. The first-order valence-electron chi connectivity index (χ1n) is 7.77. The summed E-state index contributed by atoms with van der Waals surface area (Å²) < 4.78 is 66.7. The highest BCUT2D eigenvalue weighted by Crippen LogP contribution is 2.35. The van der Waals surface area contributed by atoms with Gasteiger partial charge in [0.05, 0.1) is 17.1 Å². The molecule has 1 N–H and O–H groups in total. The average molecular weight is 394 g/mol. The van der Waals surface area contributed by atoms with Gasteiger partial charge in [-0.25, -0.2) is 23.2 Å². The van der Waals surface area contributed by atoms with Gasteiger partial charge in [0.15, 0.2) is 9.84 Å². The summed E-state index contributed by atoms with van der Waals surface area (Å²) in [5.41, 5.74) is 0.299. The van der Waals surface area contributed by atoms with Gasteiger partial charge in [0.2, 0.25) is 5.82 Å². The van der Waals surface area contributed by atoms with E-state index < -0.39 is 39.2 Å². The van der Waals surface area contributed by atoms with Crippen LogP contribution in [-0.4, -0.2) is 66.6 Å². The summed E-state index contributed by atoms with van der Waals surface area (Å²) in [6.07, 6.45) is -3.09.